The molecule has 30 heavy (non-hydrogen) atoms. The van der Waals surface area contributed by atoms with Crippen molar-refractivity contribution in [1.82, 2.24) is 4.90 Å². The number of guanidine groups is 2. The Morgan fingerprint density at radius 3 is 2.37 bits per heavy atom. The normalized spacial score (nSPS) is 18.9. The summed E-state index contributed by atoms with van der Waals surface area (Å²) in [6, 6.07) is 16.8. The van der Waals surface area contributed by atoms with Gasteiger partial charge >= 0.3 is 0 Å². The first-order valence-electron chi connectivity index (χ1n) is 10.1. The molecule has 2 aromatic carbocycles. The summed E-state index contributed by atoms with van der Waals surface area (Å²) in [5.74, 6) is 1.07. The van der Waals surface area contributed by atoms with Crippen molar-refractivity contribution in [3.8, 4) is 0 Å². The molecule has 4 rings (SSSR count). The van der Waals surface area contributed by atoms with Crippen molar-refractivity contribution in [2.45, 2.75) is 26.6 Å². The lowest BCUT2D eigenvalue weighted by Gasteiger charge is -2.41. The number of aliphatic imine (C=N–C) groups is 2. The van der Waals surface area contributed by atoms with Crippen LogP contribution in [0, 0.1) is 6.92 Å². The smallest absolute Gasteiger partial charge is 0.222 e. The summed E-state index contributed by atoms with van der Waals surface area (Å²) in [6.45, 7) is 7.12. The van der Waals surface area contributed by atoms with Gasteiger partial charge in [0.15, 0.2) is 0 Å². The molecule has 2 aliphatic rings. The van der Waals surface area contributed by atoms with Gasteiger partial charge in [-0.3, -0.25) is 4.90 Å². The van der Waals surface area contributed by atoms with Gasteiger partial charge in [-0.2, -0.15) is 4.99 Å². The summed E-state index contributed by atoms with van der Waals surface area (Å²) in [4.78, 5) is 13.5. The Bertz CT molecular complexity index is 891. The molecule has 1 fully saturated rings. The molecule has 1 atom stereocenters. The maximum Gasteiger partial charge on any atom is 0.222 e. The van der Waals surface area contributed by atoms with E-state index in [-0.39, 0.29) is 24.7 Å². The van der Waals surface area contributed by atoms with E-state index < -0.39 is 0 Å². The van der Waals surface area contributed by atoms with E-state index in [0.29, 0.717) is 13.2 Å². The van der Waals surface area contributed by atoms with Crippen LogP contribution in [0.5, 0.6) is 0 Å². The molecule has 3 N–H and O–H groups in total. The van der Waals surface area contributed by atoms with Crippen LogP contribution in [0.2, 0.25) is 0 Å². The van der Waals surface area contributed by atoms with Crippen LogP contribution in [0.15, 0.2) is 58.5 Å². The second kappa shape index (κ2) is 9.82. The summed E-state index contributed by atoms with van der Waals surface area (Å²) < 4.78 is 5.53. The van der Waals surface area contributed by atoms with E-state index >= 15 is 0 Å². The van der Waals surface area contributed by atoms with Crippen LogP contribution in [-0.2, 0) is 11.2 Å². The largest absolute Gasteiger partial charge is 0.378 e. The summed E-state index contributed by atoms with van der Waals surface area (Å²) in [5, 5.41) is 3.51. The van der Waals surface area contributed by atoms with Crippen LogP contribution in [0.3, 0.4) is 0 Å². The molecule has 0 radical (unpaired) electrons. The highest BCUT2D eigenvalue weighted by Crippen LogP contribution is 2.25. The molecule has 0 aliphatic carbocycles. The monoisotopic (exact) mass is 428 g/mol. The second-order valence-corrected chi connectivity index (χ2v) is 7.27. The summed E-state index contributed by atoms with van der Waals surface area (Å²) in [5.41, 5.74) is 10.6. The van der Waals surface area contributed by atoms with Gasteiger partial charge < -0.3 is 20.7 Å². The Morgan fingerprint density at radius 2 is 1.73 bits per heavy atom. The molecule has 1 unspecified atom stereocenters. The van der Waals surface area contributed by atoms with Crippen LogP contribution in [0.1, 0.15) is 18.1 Å². The van der Waals surface area contributed by atoms with Gasteiger partial charge in [-0.15, -0.1) is 12.4 Å². The van der Waals surface area contributed by atoms with Gasteiger partial charge in [-0.1, -0.05) is 36.8 Å². The fourth-order valence-corrected chi connectivity index (χ4v) is 3.51. The Hall–Kier alpha value is -2.77. The minimum absolute atomic E-state index is 0. The number of benzene rings is 2. The van der Waals surface area contributed by atoms with Crippen molar-refractivity contribution < 1.29 is 4.74 Å². The minimum atomic E-state index is -0.388. The molecule has 0 spiro atoms. The molecular formula is C22H29ClN6O. The lowest BCUT2D eigenvalue weighted by Crippen LogP contribution is -2.57. The van der Waals surface area contributed by atoms with E-state index in [1.807, 2.05) is 0 Å². The van der Waals surface area contributed by atoms with Crippen molar-refractivity contribution in [2.24, 2.45) is 15.7 Å². The van der Waals surface area contributed by atoms with Gasteiger partial charge in [0.05, 0.1) is 13.2 Å². The number of hydrogen-bond acceptors (Lipinski definition) is 7. The van der Waals surface area contributed by atoms with Gasteiger partial charge in [-0.05, 0) is 43.2 Å². The molecule has 2 aromatic rings. The predicted octanol–water partition coefficient (Wildman–Crippen LogP) is 3.20. The zero-order valence-electron chi connectivity index (χ0n) is 17.4. The number of rotatable bonds is 4. The van der Waals surface area contributed by atoms with Crippen molar-refractivity contribution in [2.75, 3.05) is 36.5 Å². The molecule has 160 valence electrons. The van der Waals surface area contributed by atoms with E-state index in [4.69, 9.17) is 10.5 Å². The first kappa shape index (κ1) is 21.9. The molecule has 0 bridgehead atoms. The van der Waals surface area contributed by atoms with Gasteiger partial charge in [0.25, 0.3) is 0 Å². The Morgan fingerprint density at radius 1 is 1.07 bits per heavy atom. The quantitative estimate of drug-likeness (QED) is 0.781. The number of nitrogens with two attached hydrogens (primary N) is 1. The molecule has 0 aromatic heterocycles. The van der Waals surface area contributed by atoms with Gasteiger partial charge in [0, 0.05) is 24.5 Å². The lowest BCUT2D eigenvalue weighted by atomic mass is 10.1. The number of nitrogens with one attached hydrogen (secondary N) is 1. The lowest BCUT2D eigenvalue weighted by molar-refractivity contribution is 0.0671. The molecule has 0 amide bonds. The number of aryl methyl sites for hydroxylation is 2. The SMILES string of the molecule is CCc1ccc(NC2N=C(N)N=C(N3CCOCC3)N2c2ccc(C)cc2)cc1.Cl. The maximum absolute atomic E-state index is 6.12. The van der Waals surface area contributed by atoms with E-state index in [1.54, 1.807) is 0 Å². The molecule has 8 heteroatoms. The fraction of sp³-hybridized carbons (Fsp3) is 0.364. The third-order valence-electron chi connectivity index (χ3n) is 5.19. The fourth-order valence-electron chi connectivity index (χ4n) is 3.51. The van der Waals surface area contributed by atoms with E-state index in [1.165, 1.54) is 11.1 Å². The highest BCUT2D eigenvalue weighted by atomic mass is 35.5. The van der Waals surface area contributed by atoms with E-state index in [9.17, 15) is 0 Å². The third kappa shape index (κ3) is 4.86. The molecule has 2 aliphatic heterocycles. The summed E-state index contributed by atoms with van der Waals surface area (Å²) >= 11 is 0. The molecule has 7 nitrogen and oxygen atoms in total. The average Bonchev–Trinajstić information content (AvgIpc) is 2.75. The topological polar surface area (TPSA) is 78.5 Å². The van der Waals surface area contributed by atoms with E-state index in [2.05, 4.69) is 87.5 Å². The standard InChI is InChI=1S/C22H28N6O.ClH/c1-3-17-6-8-18(9-7-17)24-21-25-20(23)26-22(27-12-14-29-15-13-27)28(21)19-10-4-16(2)5-11-19;/h4-11,21,24H,3,12-15H2,1-2H3,(H2,23,25);1H. The predicted molar refractivity (Wildman–Crippen MR) is 126 cm³/mol. The Kier molecular flexibility index (Phi) is 7.18. The average molecular weight is 429 g/mol. The number of morpholine rings is 1. The van der Waals surface area contributed by atoms with Crippen LogP contribution < -0.4 is 16.0 Å². The van der Waals surface area contributed by atoms with Crippen LogP contribution in [0.4, 0.5) is 11.4 Å². The highest BCUT2D eigenvalue weighted by Gasteiger charge is 2.32. The van der Waals surface area contributed by atoms with Crippen LogP contribution in [-0.4, -0.2) is 49.4 Å². The first-order valence-corrected chi connectivity index (χ1v) is 10.1. The molecular weight excluding hydrogens is 400 g/mol. The summed E-state index contributed by atoms with van der Waals surface area (Å²) in [7, 11) is 0. The minimum Gasteiger partial charge on any atom is -0.378 e. The first-order chi connectivity index (χ1) is 14.1. The number of nitrogens with zero attached hydrogens (tertiary/aromatic N) is 4. The molecule has 2 heterocycles. The summed E-state index contributed by atoms with van der Waals surface area (Å²) in [6.07, 6.45) is 0.624. The van der Waals surface area contributed by atoms with Gasteiger partial charge in [0.1, 0.15) is 0 Å². The Labute approximate surface area is 184 Å². The van der Waals surface area contributed by atoms with Crippen molar-refractivity contribution in [1.29, 1.82) is 0 Å². The zero-order chi connectivity index (χ0) is 20.2. The second-order valence-electron chi connectivity index (χ2n) is 7.27. The third-order valence-corrected chi connectivity index (χ3v) is 5.19. The van der Waals surface area contributed by atoms with E-state index in [0.717, 1.165) is 36.8 Å². The van der Waals surface area contributed by atoms with Crippen molar-refractivity contribution in [3.63, 3.8) is 0 Å². The van der Waals surface area contributed by atoms with Crippen molar-refractivity contribution >= 4 is 35.7 Å². The number of ether oxygens (including phenoxy) is 1. The molecule has 1 saturated heterocycles. The van der Waals surface area contributed by atoms with Crippen molar-refractivity contribution in [3.05, 3.63) is 59.7 Å². The number of anilines is 2. The maximum atomic E-state index is 6.12. The number of halogens is 1. The molecule has 0 saturated carbocycles. The number of hydrogen-bond donors (Lipinski definition) is 2. The van der Waals surface area contributed by atoms with Gasteiger partial charge in [0.2, 0.25) is 18.2 Å². The van der Waals surface area contributed by atoms with Crippen LogP contribution >= 0.6 is 12.4 Å². The van der Waals surface area contributed by atoms with Gasteiger partial charge in [-0.25, -0.2) is 4.99 Å². The zero-order valence-corrected chi connectivity index (χ0v) is 18.2. The highest BCUT2D eigenvalue weighted by molar-refractivity contribution is 6.06. The Balaban J connectivity index is 0.00000256. The van der Waals surface area contributed by atoms with Crippen LogP contribution in [0.25, 0.3) is 0 Å².